The predicted molar refractivity (Wildman–Crippen MR) is 102 cm³/mol. The fraction of sp³-hybridized carbons (Fsp3) is 0.118. The summed E-state index contributed by atoms with van der Waals surface area (Å²) in [7, 11) is 0. The number of hydrogen-bond donors (Lipinski definition) is 2. The van der Waals surface area contributed by atoms with Gasteiger partial charge in [-0.05, 0) is 35.5 Å². The maximum Gasteiger partial charge on any atom is 0.257 e. The second kappa shape index (κ2) is 6.98. The van der Waals surface area contributed by atoms with Gasteiger partial charge in [-0.1, -0.05) is 46.5 Å². The lowest BCUT2D eigenvalue weighted by molar-refractivity contribution is -0.113. The van der Waals surface area contributed by atoms with E-state index in [1.54, 1.807) is 49.5 Å². The number of halogens is 2. The van der Waals surface area contributed by atoms with Crippen molar-refractivity contribution in [3.05, 3.63) is 69.5 Å². The second-order valence-electron chi connectivity index (χ2n) is 5.83. The van der Waals surface area contributed by atoms with Gasteiger partial charge in [-0.2, -0.15) is 4.68 Å². The van der Waals surface area contributed by atoms with E-state index in [4.69, 9.17) is 23.2 Å². The molecule has 27 heavy (non-hydrogen) atoms. The van der Waals surface area contributed by atoms with Crippen LogP contribution in [-0.2, 0) is 4.79 Å². The molecule has 0 bridgehead atoms. The van der Waals surface area contributed by atoms with Crippen LogP contribution in [0.15, 0.2) is 53.9 Å². The summed E-state index contributed by atoms with van der Waals surface area (Å²) in [5.41, 5.74) is 1.63. The number of amides is 1. The molecule has 0 radical (unpaired) electrons. The summed E-state index contributed by atoms with van der Waals surface area (Å²) in [5.74, 6) is 0.491. The van der Waals surface area contributed by atoms with Crippen molar-refractivity contribution >= 4 is 40.9 Å². The molecule has 1 aliphatic rings. The predicted octanol–water partition coefficient (Wildman–Crippen LogP) is 3.30. The van der Waals surface area contributed by atoms with Crippen molar-refractivity contribution in [2.24, 2.45) is 0 Å². The van der Waals surface area contributed by atoms with Crippen LogP contribution < -0.4 is 10.6 Å². The van der Waals surface area contributed by atoms with E-state index >= 15 is 0 Å². The molecule has 1 atom stereocenters. The Balaban J connectivity index is 1.82. The Morgan fingerprint density at radius 2 is 2.07 bits per heavy atom. The van der Waals surface area contributed by atoms with Gasteiger partial charge in [0.25, 0.3) is 5.91 Å². The first-order chi connectivity index (χ1) is 13.1. The number of nitrogens with zero attached hydrogens (tertiary/aromatic N) is 5. The Bertz CT molecular complexity index is 1050. The molecule has 1 amide bonds. The molecular formula is C17H13Cl2N7O. The minimum Gasteiger partial charge on any atom is -0.326 e. The number of tetrazole rings is 1. The molecular weight excluding hydrogens is 389 g/mol. The standard InChI is InChI=1S/C17H13Cl2N7O/c1-9-13(16(27)22-12-7-2-3-8-20-12)15(26-17(21-9)23-24-25-26)10-5-4-6-11(18)14(10)19/h2-8,15H,1H3,(H,20,22,27)(H,21,23,25)/t15-/m1/s1. The molecule has 2 N–H and O–H groups in total. The normalized spacial score (nSPS) is 15.9. The molecule has 0 saturated carbocycles. The summed E-state index contributed by atoms with van der Waals surface area (Å²) >= 11 is 12.6. The average Bonchev–Trinajstić information content (AvgIpc) is 3.12. The molecule has 8 nitrogen and oxygen atoms in total. The van der Waals surface area contributed by atoms with Crippen molar-refractivity contribution in [1.82, 2.24) is 25.2 Å². The van der Waals surface area contributed by atoms with Gasteiger partial charge in [0.1, 0.15) is 11.9 Å². The smallest absolute Gasteiger partial charge is 0.257 e. The topological polar surface area (TPSA) is 97.6 Å². The molecule has 1 aromatic carbocycles. The van der Waals surface area contributed by atoms with E-state index in [2.05, 4.69) is 31.1 Å². The highest BCUT2D eigenvalue weighted by Crippen LogP contribution is 2.39. The number of aromatic nitrogens is 5. The molecule has 3 aromatic rings. The zero-order valence-electron chi connectivity index (χ0n) is 14.0. The number of carbonyl (C=O) groups is 1. The van der Waals surface area contributed by atoms with Gasteiger partial charge >= 0.3 is 0 Å². The van der Waals surface area contributed by atoms with Gasteiger partial charge in [0.2, 0.25) is 5.95 Å². The number of pyridine rings is 1. The van der Waals surface area contributed by atoms with Crippen LogP contribution in [0.4, 0.5) is 11.8 Å². The first kappa shape index (κ1) is 17.4. The van der Waals surface area contributed by atoms with E-state index in [-0.39, 0.29) is 5.91 Å². The van der Waals surface area contributed by atoms with Gasteiger partial charge in [-0.3, -0.25) is 4.79 Å². The summed E-state index contributed by atoms with van der Waals surface area (Å²) in [6, 6.07) is 9.84. The van der Waals surface area contributed by atoms with Crippen LogP contribution in [-0.4, -0.2) is 31.1 Å². The fourth-order valence-electron chi connectivity index (χ4n) is 2.95. The van der Waals surface area contributed by atoms with E-state index in [1.807, 2.05) is 0 Å². The maximum atomic E-state index is 13.1. The van der Waals surface area contributed by atoms with Gasteiger partial charge in [-0.25, -0.2) is 4.98 Å². The number of nitrogens with one attached hydrogen (secondary N) is 2. The molecule has 3 heterocycles. The van der Waals surface area contributed by atoms with Gasteiger partial charge in [0.15, 0.2) is 0 Å². The van der Waals surface area contributed by atoms with Crippen LogP contribution in [0.1, 0.15) is 18.5 Å². The van der Waals surface area contributed by atoms with Crippen molar-refractivity contribution in [1.29, 1.82) is 0 Å². The van der Waals surface area contributed by atoms with Crippen LogP contribution in [0.3, 0.4) is 0 Å². The molecule has 0 spiro atoms. The Morgan fingerprint density at radius 1 is 1.22 bits per heavy atom. The van der Waals surface area contributed by atoms with Crippen molar-refractivity contribution < 1.29 is 4.79 Å². The molecule has 0 fully saturated rings. The highest BCUT2D eigenvalue weighted by Gasteiger charge is 2.35. The van der Waals surface area contributed by atoms with Gasteiger partial charge in [-0.15, -0.1) is 0 Å². The Labute approximate surface area is 164 Å². The highest BCUT2D eigenvalue weighted by molar-refractivity contribution is 6.42. The zero-order chi connectivity index (χ0) is 19.0. The first-order valence-electron chi connectivity index (χ1n) is 7.98. The van der Waals surface area contributed by atoms with Crippen LogP contribution in [0.2, 0.25) is 10.0 Å². The van der Waals surface area contributed by atoms with E-state index in [0.29, 0.717) is 38.6 Å². The molecule has 136 valence electrons. The van der Waals surface area contributed by atoms with E-state index in [0.717, 1.165) is 0 Å². The SMILES string of the molecule is CC1=C(C(=O)Nc2ccccn2)[C@@H](c2cccc(Cl)c2Cl)n2nnnc2N1. The molecule has 0 aliphatic carbocycles. The van der Waals surface area contributed by atoms with E-state index in [9.17, 15) is 4.79 Å². The van der Waals surface area contributed by atoms with Crippen LogP contribution >= 0.6 is 23.2 Å². The van der Waals surface area contributed by atoms with E-state index < -0.39 is 6.04 Å². The molecule has 2 aromatic heterocycles. The van der Waals surface area contributed by atoms with Crippen molar-refractivity contribution in [3.63, 3.8) is 0 Å². The maximum absolute atomic E-state index is 13.1. The number of anilines is 2. The number of carbonyl (C=O) groups excluding carboxylic acids is 1. The number of benzene rings is 1. The summed E-state index contributed by atoms with van der Waals surface area (Å²) in [6.07, 6.45) is 1.60. The fourth-order valence-corrected chi connectivity index (χ4v) is 3.36. The van der Waals surface area contributed by atoms with Crippen molar-refractivity contribution in [2.45, 2.75) is 13.0 Å². The molecule has 10 heteroatoms. The van der Waals surface area contributed by atoms with Gasteiger partial charge in [0, 0.05) is 17.5 Å². The van der Waals surface area contributed by atoms with Crippen LogP contribution in [0, 0.1) is 0 Å². The third kappa shape index (κ3) is 3.13. The molecule has 0 unspecified atom stereocenters. The average molecular weight is 402 g/mol. The van der Waals surface area contributed by atoms with Crippen LogP contribution in [0.5, 0.6) is 0 Å². The summed E-state index contributed by atoms with van der Waals surface area (Å²) < 4.78 is 1.50. The summed E-state index contributed by atoms with van der Waals surface area (Å²) in [6.45, 7) is 1.77. The minimum absolute atomic E-state index is 0.337. The highest BCUT2D eigenvalue weighted by atomic mass is 35.5. The lowest BCUT2D eigenvalue weighted by Crippen LogP contribution is -2.31. The summed E-state index contributed by atoms with van der Waals surface area (Å²) in [5, 5.41) is 18.2. The molecule has 0 saturated heterocycles. The monoisotopic (exact) mass is 401 g/mol. The van der Waals surface area contributed by atoms with Gasteiger partial charge < -0.3 is 10.6 Å². The number of rotatable bonds is 3. The third-order valence-electron chi connectivity index (χ3n) is 4.14. The van der Waals surface area contributed by atoms with Crippen LogP contribution in [0.25, 0.3) is 0 Å². The third-order valence-corrected chi connectivity index (χ3v) is 4.97. The minimum atomic E-state index is -0.647. The Hall–Kier alpha value is -2.97. The second-order valence-corrected chi connectivity index (χ2v) is 6.61. The zero-order valence-corrected chi connectivity index (χ0v) is 15.5. The molecule has 1 aliphatic heterocycles. The Morgan fingerprint density at radius 3 is 2.85 bits per heavy atom. The van der Waals surface area contributed by atoms with Gasteiger partial charge in [0.05, 0.1) is 15.6 Å². The summed E-state index contributed by atoms with van der Waals surface area (Å²) in [4.78, 5) is 17.2. The number of fused-ring (bicyclic) bond motifs is 1. The molecule has 4 rings (SSSR count). The lowest BCUT2D eigenvalue weighted by Gasteiger charge is -2.28. The number of allylic oxidation sites excluding steroid dienone is 1. The quantitative estimate of drug-likeness (QED) is 0.698. The van der Waals surface area contributed by atoms with Crippen molar-refractivity contribution in [3.8, 4) is 0 Å². The van der Waals surface area contributed by atoms with Crippen molar-refractivity contribution in [2.75, 3.05) is 10.6 Å². The largest absolute Gasteiger partial charge is 0.326 e. The number of hydrogen-bond acceptors (Lipinski definition) is 6. The first-order valence-corrected chi connectivity index (χ1v) is 8.74. The Kier molecular flexibility index (Phi) is 4.51. The van der Waals surface area contributed by atoms with E-state index in [1.165, 1.54) is 4.68 Å². The lowest BCUT2D eigenvalue weighted by atomic mass is 9.95.